The largest absolute Gasteiger partial charge is 0.456 e. The number of pyridine rings is 1. The van der Waals surface area contributed by atoms with Gasteiger partial charge in [0, 0.05) is 28.9 Å². The van der Waals surface area contributed by atoms with E-state index in [-0.39, 0.29) is 5.97 Å². The Balaban J connectivity index is 1.46. The number of nitrogen functional groups attached to an aromatic ring is 1. The van der Waals surface area contributed by atoms with Gasteiger partial charge in [0.1, 0.15) is 5.60 Å². The smallest absolute Gasteiger partial charge is 0.338 e. The number of ether oxygens (including phenoxy) is 1. The molecule has 2 aromatic heterocycles. The maximum absolute atomic E-state index is 13.0. The Kier molecular flexibility index (Phi) is 5.86. The second-order valence-corrected chi connectivity index (χ2v) is 12.0. The van der Waals surface area contributed by atoms with Crippen molar-refractivity contribution in [3.8, 4) is 22.4 Å². The fourth-order valence-electron chi connectivity index (χ4n) is 6.47. The maximum Gasteiger partial charge on any atom is 0.338 e. The zero-order valence-corrected chi connectivity index (χ0v) is 23.7. The normalized spacial score (nSPS) is 14.2. The summed E-state index contributed by atoms with van der Waals surface area (Å²) in [6.45, 7) is 5.62. The van der Waals surface area contributed by atoms with Crippen LogP contribution in [0.3, 0.4) is 0 Å². The number of carbonyl (C=O) groups is 1. The van der Waals surface area contributed by atoms with E-state index in [1.165, 1.54) is 38.3 Å². The van der Waals surface area contributed by atoms with Crippen molar-refractivity contribution in [3.63, 3.8) is 0 Å². The fraction of sp³-hybridized carbons (Fsp3) is 0.222. The van der Waals surface area contributed by atoms with E-state index in [1.54, 1.807) is 10.7 Å². The average molecular weight is 540 g/mol. The molecule has 0 unspecified atom stereocenters. The first-order valence-electron chi connectivity index (χ1n) is 14.3. The standard InChI is InChI=1S/C36H33N3O2/c1-36(2,3)41-35(40)24-15-18-32-30(20-24)31(21-39(32)37)34-29(12-7-19-38-34)27-11-6-9-23-14-16-26-25-10-5-4-8-22(25)13-17-28(26)33(23)27/h4-5,7-8,10,12,14-21H,6,9,11,13,37H2,1-3H3. The van der Waals surface area contributed by atoms with Gasteiger partial charge in [-0.25, -0.2) is 4.79 Å². The lowest BCUT2D eigenvalue weighted by Crippen LogP contribution is -2.36. The van der Waals surface area contributed by atoms with Crippen LogP contribution < -0.4 is 16.3 Å². The quantitative estimate of drug-likeness (QED) is 0.229. The molecule has 2 aliphatic rings. The molecule has 0 amide bonds. The van der Waals surface area contributed by atoms with E-state index in [2.05, 4.69) is 48.5 Å². The summed E-state index contributed by atoms with van der Waals surface area (Å²) >= 11 is 0. The number of nitrogens with zero attached hydrogens (tertiary/aromatic N) is 2. The predicted octanol–water partition coefficient (Wildman–Crippen LogP) is 5.91. The van der Waals surface area contributed by atoms with Crippen molar-refractivity contribution in [2.24, 2.45) is 0 Å². The summed E-state index contributed by atoms with van der Waals surface area (Å²) in [4.78, 5) is 17.9. The van der Waals surface area contributed by atoms with Crippen molar-refractivity contribution in [3.05, 3.63) is 112 Å². The molecule has 2 N–H and O–H groups in total. The van der Waals surface area contributed by atoms with Gasteiger partial charge in [-0.2, -0.15) is 0 Å². The van der Waals surface area contributed by atoms with Crippen LogP contribution in [0.5, 0.6) is 0 Å². The molecule has 0 aliphatic heterocycles. The van der Waals surface area contributed by atoms with Crippen LogP contribution in [-0.4, -0.2) is 21.2 Å². The molecule has 5 heteroatoms. The number of benzene rings is 3. The van der Waals surface area contributed by atoms with E-state index in [1.807, 2.05) is 51.4 Å². The predicted molar refractivity (Wildman–Crippen MR) is 165 cm³/mol. The molecule has 2 heterocycles. The second-order valence-electron chi connectivity index (χ2n) is 12.0. The van der Waals surface area contributed by atoms with Gasteiger partial charge in [-0.1, -0.05) is 48.5 Å². The van der Waals surface area contributed by atoms with Crippen LogP contribution in [0.1, 0.15) is 60.7 Å². The van der Waals surface area contributed by atoms with Crippen LogP contribution >= 0.6 is 0 Å². The Morgan fingerprint density at radius 2 is 1.73 bits per heavy atom. The minimum atomic E-state index is -0.579. The molecule has 0 bridgehead atoms. The van der Waals surface area contributed by atoms with E-state index in [9.17, 15) is 4.79 Å². The zero-order chi connectivity index (χ0) is 28.3. The highest BCUT2D eigenvalue weighted by Gasteiger charge is 2.23. The lowest BCUT2D eigenvalue weighted by atomic mass is 9.82. The van der Waals surface area contributed by atoms with E-state index in [0.717, 1.165) is 53.4 Å². The third kappa shape index (κ3) is 4.33. The van der Waals surface area contributed by atoms with Gasteiger partial charge in [-0.05, 0) is 109 Å². The molecule has 204 valence electrons. The molecule has 5 nitrogen and oxygen atoms in total. The Hall–Kier alpha value is -4.64. The highest BCUT2D eigenvalue weighted by Crippen LogP contribution is 2.36. The number of hydrogen-bond donors (Lipinski definition) is 1. The Morgan fingerprint density at radius 3 is 2.59 bits per heavy atom. The molecular weight excluding hydrogens is 506 g/mol. The Morgan fingerprint density at radius 1 is 0.902 bits per heavy atom. The van der Waals surface area contributed by atoms with Crippen LogP contribution in [-0.2, 0) is 17.6 Å². The molecule has 2 aliphatic carbocycles. The van der Waals surface area contributed by atoms with Crippen molar-refractivity contribution >= 4 is 28.5 Å². The van der Waals surface area contributed by atoms with Gasteiger partial charge in [-0.3, -0.25) is 9.66 Å². The Bertz CT molecular complexity index is 1990. The zero-order valence-electron chi connectivity index (χ0n) is 23.7. The molecule has 0 fully saturated rings. The average Bonchev–Trinajstić information content (AvgIpc) is 3.31. The minimum Gasteiger partial charge on any atom is -0.456 e. The number of fused-ring (bicyclic) bond motifs is 6. The van der Waals surface area contributed by atoms with Crippen molar-refractivity contribution < 1.29 is 9.53 Å². The lowest BCUT2D eigenvalue weighted by molar-refractivity contribution is 0.00697. The van der Waals surface area contributed by atoms with E-state index in [4.69, 9.17) is 15.6 Å². The third-order valence-electron chi connectivity index (χ3n) is 8.20. The van der Waals surface area contributed by atoms with E-state index >= 15 is 0 Å². The summed E-state index contributed by atoms with van der Waals surface area (Å²) in [6, 6.07) is 23.1. The summed E-state index contributed by atoms with van der Waals surface area (Å²) < 4.78 is 7.28. The van der Waals surface area contributed by atoms with E-state index in [0.29, 0.717) is 5.56 Å². The SMILES string of the molecule is CC(C)(C)OC(=O)c1ccc2c(c1)c(-c1ncccc1C1=c3c(ccc4c3=CCc3ccccc3-4)CCC1)cn2N. The van der Waals surface area contributed by atoms with Gasteiger partial charge >= 0.3 is 5.97 Å². The van der Waals surface area contributed by atoms with Crippen molar-refractivity contribution in [1.82, 2.24) is 9.66 Å². The minimum absolute atomic E-state index is 0.352. The number of aryl methyl sites for hydroxylation is 1. The van der Waals surface area contributed by atoms with Gasteiger partial charge in [0.25, 0.3) is 0 Å². The van der Waals surface area contributed by atoms with Crippen LogP contribution in [0.15, 0.2) is 79.1 Å². The topological polar surface area (TPSA) is 70.1 Å². The molecule has 0 saturated heterocycles. The highest BCUT2D eigenvalue weighted by molar-refractivity contribution is 6.02. The second kappa shape index (κ2) is 9.48. The molecule has 0 atom stereocenters. The summed E-state index contributed by atoms with van der Waals surface area (Å²) in [5, 5.41) is 3.56. The van der Waals surface area contributed by atoms with Gasteiger partial charge < -0.3 is 10.6 Å². The molecule has 7 rings (SSSR count). The van der Waals surface area contributed by atoms with Crippen molar-refractivity contribution in [2.45, 2.75) is 52.1 Å². The highest BCUT2D eigenvalue weighted by atomic mass is 16.6. The van der Waals surface area contributed by atoms with Crippen LogP contribution in [0, 0.1) is 0 Å². The summed E-state index contributed by atoms with van der Waals surface area (Å²) in [7, 11) is 0. The molecule has 0 radical (unpaired) electrons. The monoisotopic (exact) mass is 539 g/mol. The molecule has 41 heavy (non-hydrogen) atoms. The first-order valence-corrected chi connectivity index (χ1v) is 14.3. The van der Waals surface area contributed by atoms with Crippen LogP contribution in [0.25, 0.3) is 44.9 Å². The van der Waals surface area contributed by atoms with Gasteiger partial charge in [0.2, 0.25) is 0 Å². The number of aromatic nitrogens is 2. The summed E-state index contributed by atoms with van der Waals surface area (Å²) in [5.41, 5.74) is 10.4. The van der Waals surface area contributed by atoms with Crippen LogP contribution in [0.2, 0.25) is 0 Å². The number of rotatable bonds is 3. The first-order chi connectivity index (χ1) is 19.8. The summed E-state index contributed by atoms with van der Waals surface area (Å²) in [6.07, 6.45) is 10.2. The van der Waals surface area contributed by atoms with Crippen LogP contribution in [0.4, 0.5) is 0 Å². The fourth-order valence-corrected chi connectivity index (χ4v) is 6.47. The number of hydrogen-bond acceptors (Lipinski definition) is 4. The molecule has 0 saturated carbocycles. The summed E-state index contributed by atoms with van der Waals surface area (Å²) in [5.74, 6) is 6.09. The van der Waals surface area contributed by atoms with Crippen molar-refractivity contribution in [2.75, 3.05) is 5.84 Å². The molecule has 5 aromatic rings. The number of carbonyl (C=O) groups excluding carboxylic acids is 1. The van der Waals surface area contributed by atoms with Gasteiger partial charge in [0.05, 0.1) is 16.8 Å². The van der Waals surface area contributed by atoms with E-state index < -0.39 is 5.60 Å². The molecule has 0 spiro atoms. The first kappa shape index (κ1) is 25.3. The molecule has 3 aromatic carbocycles. The third-order valence-corrected chi connectivity index (χ3v) is 8.20. The lowest BCUT2D eigenvalue weighted by Gasteiger charge is -2.22. The molecular formula is C36H33N3O2. The van der Waals surface area contributed by atoms with Gasteiger partial charge in [0.15, 0.2) is 0 Å². The van der Waals surface area contributed by atoms with Gasteiger partial charge in [-0.15, -0.1) is 0 Å². The number of nitrogens with two attached hydrogens (primary N) is 1. The number of esters is 1. The Labute approximate surface area is 239 Å². The maximum atomic E-state index is 13.0. The van der Waals surface area contributed by atoms with Crippen molar-refractivity contribution in [1.29, 1.82) is 0 Å².